The quantitative estimate of drug-likeness (QED) is 0.920. The third kappa shape index (κ3) is 3.42. The first kappa shape index (κ1) is 15.7. The summed E-state index contributed by atoms with van der Waals surface area (Å²) >= 11 is 1.13. The summed E-state index contributed by atoms with van der Waals surface area (Å²) in [4.78, 5) is 26.9. The van der Waals surface area contributed by atoms with Crippen LogP contribution >= 0.6 is 11.5 Å². The largest absolute Gasteiger partial charge is 0.472 e. The molecule has 1 fully saturated rings. The zero-order valence-electron chi connectivity index (χ0n) is 12.8. The summed E-state index contributed by atoms with van der Waals surface area (Å²) in [5.41, 5.74) is 1.30. The fraction of sp³-hybridized carbons (Fsp3) is 0.467. The molecule has 8 heteroatoms. The van der Waals surface area contributed by atoms with Gasteiger partial charge in [0.1, 0.15) is 11.1 Å². The number of hydrogen-bond acceptors (Lipinski definition) is 6. The van der Waals surface area contributed by atoms with E-state index in [1.165, 1.54) is 12.5 Å². The molecule has 0 radical (unpaired) electrons. The minimum atomic E-state index is -0.114. The van der Waals surface area contributed by atoms with Crippen molar-refractivity contribution in [1.29, 1.82) is 0 Å². The Hall–Kier alpha value is -2.22. The third-order valence-electron chi connectivity index (χ3n) is 3.98. The Morgan fingerprint density at radius 1 is 1.43 bits per heavy atom. The van der Waals surface area contributed by atoms with Crippen LogP contribution in [0.1, 0.15) is 45.5 Å². The van der Waals surface area contributed by atoms with Crippen molar-refractivity contribution < 1.29 is 14.0 Å². The molecule has 2 amide bonds. The molecule has 0 spiro atoms. The van der Waals surface area contributed by atoms with Crippen LogP contribution in [0.5, 0.6) is 0 Å². The fourth-order valence-corrected chi connectivity index (χ4v) is 3.31. The lowest BCUT2D eigenvalue weighted by Gasteiger charge is -2.32. The van der Waals surface area contributed by atoms with Gasteiger partial charge in [-0.15, -0.1) is 5.10 Å². The molecule has 0 unspecified atom stereocenters. The number of rotatable bonds is 4. The van der Waals surface area contributed by atoms with Crippen LogP contribution in [-0.2, 0) is 6.42 Å². The molecule has 7 nitrogen and oxygen atoms in total. The van der Waals surface area contributed by atoms with E-state index in [1.54, 1.807) is 11.0 Å². The van der Waals surface area contributed by atoms with Gasteiger partial charge in [-0.25, -0.2) is 0 Å². The molecule has 2 aromatic heterocycles. The van der Waals surface area contributed by atoms with Crippen molar-refractivity contribution in [2.24, 2.45) is 0 Å². The van der Waals surface area contributed by atoms with Crippen LogP contribution in [0.4, 0.5) is 0 Å². The number of piperidine rings is 1. The van der Waals surface area contributed by atoms with Crippen LogP contribution < -0.4 is 5.32 Å². The molecular formula is C15H18N4O3S. The van der Waals surface area contributed by atoms with E-state index in [9.17, 15) is 9.59 Å². The smallest absolute Gasteiger partial charge is 0.265 e. The van der Waals surface area contributed by atoms with Gasteiger partial charge in [0.25, 0.3) is 11.8 Å². The van der Waals surface area contributed by atoms with E-state index in [1.807, 2.05) is 6.92 Å². The van der Waals surface area contributed by atoms with Crippen molar-refractivity contribution >= 4 is 23.3 Å². The lowest BCUT2D eigenvalue weighted by molar-refractivity contribution is 0.0697. The van der Waals surface area contributed by atoms with E-state index < -0.39 is 0 Å². The lowest BCUT2D eigenvalue weighted by atomic mass is 10.0. The SMILES string of the molecule is CCc1nnsc1C(=O)NC1CCN(C(=O)c2ccoc2)CC1. The van der Waals surface area contributed by atoms with Gasteiger partial charge >= 0.3 is 0 Å². The number of amides is 2. The highest BCUT2D eigenvalue weighted by Crippen LogP contribution is 2.16. The number of nitrogens with zero attached hydrogens (tertiary/aromatic N) is 3. The molecule has 23 heavy (non-hydrogen) atoms. The maximum Gasteiger partial charge on any atom is 0.265 e. The number of aromatic nitrogens is 2. The third-order valence-corrected chi connectivity index (χ3v) is 4.75. The molecule has 0 aromatic carbocycles. The summed E-state index contributed by atoms with van der Waals surface area (Å²) in [7, 11) is 0. The molecular weight excluding hydrogens is 316 g/mol. The Morgan fingerprint density at radius 3 is 2.87 bits per heavy atom. The molecule has 3 rings (SSSR count). The Labute approximate surface area is 137 Å². The van der Waals surface area contributed by atoms with Gasteiger partial charge in [-0.2, -0.15) is 0 Å². The normalized spacial score (nSPS) is 15.6. The Balaban J connectivity index is 1.53. The van der Waals surface area contributed by atoms with E-state index in [0.717, 1.165) is 30.1 Å². The van der Waals surface area contributed by atoms with Gasteiger partial charge in [0.15, 0.2) is 0 Å². The molecule has 0 saturated carbocycles. The molecule has 0 atom stereocenters. The first-order chi connectivity index (χ1) is 11.2. The van der Waals surface area contributed by atoms with E-state index in [2.05, 4.69) is 14.9 Å². The number of carbonyl (C=O) groups is 2. The highest BCUT2D eigenvalue weighted by molar-refractivity contribution is 7.08. The zero-order chi connectivity index (χ0) is 16.2. The van der Waals surface area contributed by atoms with Gasteiger partial charge in [0.2, 0.25) is 0 Å². The number of aryl methyl sites for hydroxylation is 1. The number of nitrogens with one attached hydrogen (secondary N) is 1. The molecule has 1 N–H and O–H groups in total. The Morgan fingerprint density at radius 2 is 2.22 bits per heavy atom. The zero-order valence-corrected chi connectivity index (χ0v) is 13.6. The summed E-state index contributed by atoms with van der Waals surface area (Å²) in [6.07, 6.45) is 5.12. The first-order valence-corrected chi connectivity index (χ1v) is 8.40. The highest BCUT2D eigenvalue weighted by atomic mass is 32.1. The van der Waals surface area contributed by atoms with Crippen LogP contribution in [0.2, 0.25) is 0 Å². The van der Waals surface area contributed by atoms with Crippen LogP contribution in [0, 0.1) is 0 Å². The second kappa shape index (κ2) is 6.91. The van der Waals surface area contributed by atoms with E-state index in [4.69, 9.17) is 4.42 Å². The predicted molar refractivity (Wildman–Crippen MR) is 84.4 cm³/mol. The molecule has 1 saturated heterocycles. The average Bonchev–Trinajstić information content (AvgIpc) is 3.26. The van der Waals surface area contributed by atoms with Crippen LogP contribution in [0.3, 0.4) is 0 Å². The van der Waals surface area contributed by atoms with Crippen LogP contribution in [-0.4, -0.2) is 45.4 Å². The summed E-state index contributed by atoms with van der Waals surface area (Å²) in [5.74, 6) is -0.139. The number of hydrogen-bond donors (Lipinski definition) is 1. The van der Waals surface area contributed by atoms with E-state index >= 15 is 0 Å². The van der Waals surface area contributed by atoms with Crippen molar-refractivity contribution in [2.45, 2.75) is 32.2 Å². The molecule has 122 valence electrons. The van der Waals surface area contributed by atoms with Crippen molar-refractivity contribution in [2.75, 3.05) is 13.1 Å². The van der Waals surface area contributed by atoms with Gasteiger partial charge in [0.05, 0.1) is 17.5 Å². The minimum Gasteiger partial charge on any atom is -0.472 e. The predicted octanol–water partition coefficient (Wildman–Crippen LogP) is 1.73. The van der Waals surface area contributed by atoms with Gasteiger partial charge in [-0.05, 0) is 36.9 Å². The van der Waals surface area contributed by atoms with Crippen molar-refractivity contribution in [1.82, 2.24) is 19.8 Å². The molecule has 1 aliphatic heterocycles. The Bertz CT molecular complexity index is 675. The molecule has 2 aromatic rings. The van der Waals surface area contributed by atoms with Crippen LogP contribution in [0.25, 0.3) is 0 Å². The number of likely N-dealkylation sites (tertiary alicyclic amines) is 1. The molecule has 1 aliphatic rings. The summed E-state index contributed by atoms with van der Waals surface area (Å²) in [5, 5.41) is 6.98. The van der Waals surface area contributed by atoms with Gasteiger partial charge in [-0.3, -0.25) is 9.59 Å². The fourth-order valence-electron chi connectivity index (χ4n) is 2.66. The summed E-state index contributed by atoms with van der Waals surface area (Å²) < 4.78 is 8.79. The minimum absolute atomic E-state index is 0.0246. The monoisotopic (exact) mass is 334 g/mol. The van der Waals surface area contributed by atoms with E-state index in [-0.39, 0.29) is 17.9 Å². The number of furan rings is 1. The van der Waals surface area contributed by atoms with Gasteiger partial charge in [0, 0.05) is 19.1 Å². The average molecular weight is 334 g/mol. The highest BCUT2D eigenvalue weighted by Gasteiger charge is 2.26. The maximum atomic E-state index is 12.3. The second-order valence-electron chi connectivity index (χ2n) is 5.45. The van der Waals surface area contributed by atoms with Gasteiger partial charge < -0.3 is 14.6 Å². The van der Waals surface area contributed by atoms with Crippen molar-refractivity contribution in [3.8, 4) is 0 Å². The van der Waals surface area contributed by atoms with Crippen molar-refractivity contribution in [3.63, 3.8) is 0 Å². The second-order valence-corrected chi connectivity index (χ2v) is 6.21. The summed E-state index contributed by atoms with van der Waals surface area (Å²) in [6.45, 7) is 3.19. The van der Waals surface area contributed by atoms with Crippen LogP contribution in [0.15, 0.2) is 23.0 Å². The standard InChI is InChI=1S/C15H18N4O3S/c1-2-12-13(23-18-17-12)14(20)16-11-3-6-19(7-4-11)15(21)10-5-8-22-9-10/h5,8-9,11H,2-4,6-7H2,1H3,(H,16,20). The maximum absolute atomic E-state index is 12.3. The Kier molecular flexibility index (Phi) is 4.71. The lowest BCUT2D eigenvalue weighted by Crippen LogP contribution is -2.46. The molecule has 3 heterocycles. The first-order valence-electron chi connectivity index (χ1n) is 7.62. The summed E-state index contributed by atoms with van der Waals surface area (Å²) in [6, 6.07) is 1.74. The van der Waals surface area contributed by atoms with E-state index in [0.29, 0.717) is 30.0 Å². The van der Waals surface area contributed by atoms with Gasteiger partial charge in [-0.1, -0.05) is 11.4 Å². The molecule has 0 aliphatic carbocycles. The van der Waals surface area contributed by atoms with Crippen molar-refractivity contribution in [3.05, 3.63) is 34.7 Å². The number of carbonyl (C=O) groups excluding carboxylic acids is 2. The topological polar surface area (TPSA) is 88.3 Å². The molecule has 0 bridgehead atoms.